The SMILES string of the molecule is Cc1ccc(NCCn2ccn(C3CC3)c2=O)cc1. The van der Waals surface area contributed by atoms with Crippen LogP contribution in [-0.4, -0.2) is 15.7 Å². The quantitative estimate of drug-likeness (QED) is 0.893. The van der Waals surface area contributed by atoms with Gasteiger partial charge in [0.25, 0.3) is 0 Å². The Morgan fingerprint density at radius 1 is 1.21 bits per heavy atom. The number of anilines is 1. The lowest BCUT2D eigenvalue weighted by Crippen LogP contribution is -2.25. The lowest BCUT2D eigenvalue weighted by molar-refractivity contribution is 0.633. The molecule has 0 unspecified atom stereocenters. The molecule has 0 aliphatic heterocycles. The van der Waals surface area contributed by atoms with E-state index < -0.39 is 0 Å². The van der Waals surface area contributed by atoms with Gasteiger partial charge in [-0.15, -0.1) is 0 Å². The molecule has 0 radical (unpaired) electrons. The zero-order valence-corrected chi connectivity index (χ0v) is 11.2. The van der Waals surface area contributed by atoms with Gasteiger partial charge in [0.1, 0.15) is 0 Å². The first-order valence-corrected chi connectivity index (χ1v) is 6.82. The smallest absolute Gasteiger partial charge is 0.328 e. The molecule has 3 rings (SSSR count). The van der Waals surface area contributed by atoms with Crippen LogP contribution in [0.25, 0.3) is 0 Å². The molecule has 4 heteroatoms. The zero-order chi connectivity index (χ0) is 13.2. The summed E-state index contributed by atoms with van der Waals surface area (Å²) in [5.41, 5.74) is 2.47. The Kier molecular flexibility index (Phi) is 3.15. The van der Waals surface area contributed by atoms with Crippen molar-refractivity contribution in [2.75, 3.05) is 11.9 Å². The number of aromatic nitrogens is 2. The van der Waals surface area contributed by atoms with Gasteiger partial charge in [-0.2, -0.15) is 0 Å². The maximum absolute atomic E-state index is 12.0. The summed E-state index contributed by atoms with van der Waals surface area (Å²) in [5, 5.41) is 3.33. The molecule has 1 N–H and O–H groups in total. The highest BCUT2D eigenvalue weighted by atomic mass is 16.1. The molecular formula is C15H19N3O. The van der Waals surface area contributed by atoms with Crippen molar-refractivity contribution in [3.05, 3.63) is 52.7 Å². The second-order valence-electron chi connectivity index (χ2n) is 5.21. The number of benzene rings is 1. The van der Waals surface area contributed by atoms with Crippen molar-refractivity contribution in [3.63, 3.8) is 0 Å². The predicted octanol–water partition coefficient (Wildman–Crippen LogP) is 2.41. The molecule has 1 fully saturated rings. The van der Waals surface area contributed by atoms with E-state index in [9.17, 15) is 4.79 Å². The van der Waals surface area contributed by atoms with Gasteiger partial charge in [0.15, 0.2) is 0 Å². The zero-order valence-electron chi connectivity index (χ0n) is 11.2. The van der Waals surface area contributed by atoms with Gasteiger partial charge in [0.05, 0.1) is 0 Å². The minimum Gasteiger partial charge on any atom is -0.383 e. The molecule has 100 valence electrons. The van der Waals surface area contributed by atoms with Gasteiger partial charge in [0, 0.05) is 37.2 Å². The fraction of sp³-hybridized carbons (Fsp3) is 0.400. The van der Waals surface area contributed by atoms with Crippen molar-refractivity contribution in [2.45, 2.75) is 32.4 Å². The van der Waals surface area contributed by atoms with Gasteiger partial charge in [-0.25, -0.2) is 4.79 Å². The van der Waals surface area contributed by atoms with Crippen LogP contribution in [0.2, 0.25) is 0 Å². The Labute approximate surface area is 112 Å². The number of hydrogen-bond acceptors (Lipinski definition) is 2. The molecule has 1 aromatic heterocycles. The summed E-state index contributed by atoms with van der Waals surface area (Å²) in [4.78, 5) is 12.0. The van der Waals surface area contributed by atoms with Gasteiger partial charge in [-0.05, 0) is 31.9 Å². The summed E-state index contributed by atoms with van der Waals surface area (Å²) in [7, 11) is 0. The summed E-state index contributed by atoms with van der Waals surface area (Å²) in [6.07, 6.45) is 6.08. The second kappa shape index (κ2) is 4.96. The number of hydrogen-bond donors (Lipinski definition) is 1. The van der Waals surface area contributed by atoms with Crippen molar-refractivity contribution in [1.82, 2.24) is 9.13 Å². The Morgan fingerprint density at radius 3 is 2.63 bits per heavy atom. The van der Waals surface area contributed by atoms with E-state index in [0.717, 1.165) is 25.1 Å². The van der Waals surface area contributed by atoms with Crippen molar-refractivity contribution < 1.29 is 0 Å². The molecule has 4 nitrogen and oxygen atoms in total. The van der Waals surface area contributed by atoms with E-state index in [1.54, 1.807) is 4.57 Å². The molecule has 1 heterocycles. The number of nitrogens with zero attached hydrogens (tertiary/aromatic N) is 2. The number of imidazole rings is 1. The topological polar surface area (TPSA) is 39.0 Å². The van der Waals surface area contributed by atoms with E-state index in [1.807, 2.05) is 17.0 Å². The van der Waals surface area contributed by atoms with Crippen LogP contribution in [-0.2, 0) is 6.54 Å². The van der Waals surface area contributed by atoms with Crippen LogP contribution in [0.1, 0.15) is 24.4 Å². The van der Waals surface area contributed by atoms with E-state index in [0.29, 0.717) is 12.6 Å². The van der Waals surface area contributed by atoms with Gasteiger partial charge in [-0.1, -0.05) is 17.7 Å². The Bertz CT molecular complexity index is 605. The van der Waals surface area contributed by atoms with E-state index >= 15 is 0 Å². The summed E-state index contributed by atoms with van der Waals surface area (Å²) < 4.78 is 3.63. The van der Waals surface area contributed by atoms with Crippen LogP contribution in [0.15, 0.2) is 41.5 Å². The average molecular weight is 257 g/mol. The Morgan fingerprint density at radius 2 is 1.95 bits per heavy atom. The third-order valence-corrected chi connectivity index (χ3v) is 3.55. The van der Waals surface area contributed by atoms with E-state index in [2.05, 4.69) is 36.5 Å². The molecule has 0 saturated heterocycles. The fourth-order valence-electron chi connectivity index (χ4n) is 2.22. The Balaban J connectivity index is 1.57. The summed E-state index contributed by atoms with van der Waals surface area (Å²) >= 11 is 0. The van der Waals surface area contributed by atoms with Crippen molar-refractivity contribution in [3.8, 4) is 0 Å². The number of rotatable bonds is 5. The standard InChI is InChI=1S/C15H19N3O/c1-12-2-4-13(5-3-12)16-8-9-17-10-11-18(15(17)19)14-6-7-14/h2-5,10-11,14,16H,6-9H2,1H3. The van der Waals surface area contributed by atoms with E-state index in [4.69, 9.17) is 0 Å². The normalized spacial score (nSPS) is 14.6. The van der Waals surface area contributed by atoms with E-state index in [1.165, 1.54) is 5.56 Å². The molecule has 1 aliphatic rings. The monoisotopic (exact) mass is 257 g/mol. The van der Waals surface area contributed by atoms with Crippen molar-refractivity contribution in [1.29, 1.82) is 0 Å². The Hall–Kier alpha value is -1.97. The van der Waals surface area contributed by atoms with Gasteiger partial charge in [0.2, 0.25) is 0 Å². The van der Waals surface area contributed by atoms with Crippen LogP contribution >= 0.6 is 0 Å². The molecule has 0 spiro atoms. The molecule has 0 amide bonds. The van der Waals surface area contributed by atoms with Crippen LogP contribution < -0.4 is 11.0 Å². The maximum Gasteiger partial charge on any atom is 0.328 e. The maximum atomic E-state index is 12.0. The van der Waals surface area contributed by atoms with E-state index in [-0.39, 0.29) is 5.69 Å². The predicted molar refractivity (Wildman–Crippen MR) is 76.6 cm³/mol. The summed E-state index contributed by atoms with van der Waals surface area (Å²) in [5.74, 6) is 0. The van der Waals surface area contributed by atoms with Gasteiger partial charge in [-0.3, -0.25) is 9.13 Å². The highest BCUT2D eigenvalue weighted by molar-refractivity contribution is 5.44. The first-order chi connectivity index (χ1) is 9.24. The largest absolute Gasteiger partial charge is 0.383 e. The lowest BCUT2D eigenvalue weighted by Gasteiger charge is -2.07. The van der Waals surface area contributed by atoms with Crippen LogP contribution in [0.5, 0.6) is 0 Å². The molecule has 19 heavy (non-hydrogen) atoms. The minimum atomic E-state index is 0.119. The second-order valence-corrected chi connectivity index (χ2v) is 5.21. The molecule has 1 aliphatic carbocycles. The molecule has 0 atom stereocenters. The first-order valence-electron chi connectivity index (χ1n) is 6.82. The van der Waals surface area contributed by atoms with Crippen molar-refractivity contribution in [2.24, 2.45) is 0 Å². The summed E-state index contributed by atoms with van der Waals surface area (Å²) in [6, 6.07) is 8.75. The van der Waals surface area contributed by atoms with Crippen LogP contribution in [0.3, 0.4) is 0 Å². The molecular weight excluding hydrogens is 238 g/mol. The van der Waals surface area contributed by atoms with Crippen LogP contribution in [0.4, 0.5) is 5.69 Å². The highest BCUT2D eigenvalue weighted by Gasteiger charge is 2.25. The first kappa shape index (κ1) is 12.1. The highest BCUT2D eigenvalue weighted by Crippen LogP contribution is 2.33. The molecule has 1 aromatic carbocycles. The third-order valence-electron chi connectivity index (χ3n) is 3.55. The molecule has 1 saturated carbocycles. The fourth-order valence-corrected chi connectivity index (χ4v) is 2.22. The van der Waals surface area contributed by atoms with Crippen LogP contribution in [0, 0.1) is 6.92 Å². The number of aryl methyl sites for hydroxylation is 1. The average Bonchev–Trinajstić information content (AvgIpc) is 3.18. The molecule has 0 bridgehead atoms. The third kappa shape index (κ3) is 2.72. The van der Waals surface area contributed by atoms with Gasteiger partial charge < -0.3 is 5.32 Å². The lowest BCUT2D eigenvalue weighted by atomic mass is 10.2. The van der Waals surface area contributed by atoms with Crippen molar-refractivity contribution >= 4 is 5.69 Å². The minimum absolute atomic E-state index is 0.119. The number of nitrogens with one attached hydrogen (secondary N) is 1. The molecule has 2 aromatic rings. The summed E-state index contributed by atoms with van der Waals surface area (Å²) in [6.45, 7) is 3.54. The van der Waals surface area contributed by atoms with Gasteiger partial charge >= 0.3 is 5.69 Å².